The van der Waals surface area contributed by atoms with Gasteiger partial charge in [0, 0.05) is 41.3 Å². The van der Waals surface area contributed by atoms with Gasteiger partial charge in [-0.1, -0.05) is 30.3 Å². The monoisotopic (exact) mass is 635 g/mol. The van der Waals surface area contributed by atoms with Gasteiger partial charge < -0.3 is 15.5 Å². The maximum atomic E-state index is 14.2. The molecule has 0 radical (unpaired) electrons. The highest BCUT2D eigenvalue weighted by Crippen LogP contribution is 2.27. The van der Waals surface area contributed by atoms with Crippen molar-refractivity contribution >= 4 is 39.1 Å². The van der Waals surface area contributed by atoms with Crippen molar-refractivity contribution in [1.29, 1.82) is 5.26 Å². The quantitative estimate of drug-likeness (QED) is 0.287. The highest BCUT2D eigenvalue weighted by molar-refractivity contribution is 9.10. The van der Waals surface area contributed by atoms with Gasteiger partial charge in [-0.3, -0.25) is 19.0 Å². The van der Waals surface area contributed by atoms with Gasteiger partial charge in [-0.2, -0.15) is 10.4 Å². The Balaban J connectivity index is 1.45. The topological polar surface area (TPSA) is 125 Å². The van der Waals surface area contributed by atoms with Gasteiger partial charge >= 0.3 is 0 Å². The van der Waals surface area contributed by atoms with E-state index >= 15 is 0 Å². The van der Waals surface area contributed by atoms with Crippen molar-refractivity contribution in [3.8, 4) is 11.8 Å². The normalized spacial score (nSPS) is 12.4. The highest BCUT2D eigenvalue weighted by atomic mass is 79.9. The van der Waals surface area contributed by atoms with Gasteiger partial charge in [-0.25, -0.2) is 4.52 Å². The molecule has 6 rings (SSSR count). The first-order valence-corrected chi connectivity index (χ1v) is 14.4. The number of rotatable bonds is 6. The van der Waals surface area contributed by atoms with Crippen LogP contribution in [0, 0.1) is 11.3 Å². The summed E-state index contributed by atoms with van der Waals surface area (Å²) in [6, 6.07) is 23.8. The minimum atomic E-state index is -0.230. The van der Waals surface area contributed by atoms with Crippen molar-refractivity contribution in [3.05, 3.63) is 127 Å². The first-order chi connectivity index (χ1) is 20.9. The van der Waals surface area contributed by atoms with Crippen LogP contribution in [0.2, 0.25) is 0 Å². The minimum absolute atomic E-state index is 0.175. The molecule has 0 bridgehead atoms. The van der Waals surface area contributed by atoms with Crippen LogP contribution in [0.15, 0.2) is 88.3 Å². The third kappa shape index (κ3) is 5.17. The number of amides is 2. The molecule has 3 heterocycles. The number of carbonyl (C=O) groups is 2. The van der Waals surface area contributed by atoms with Crippen LogP contribution in [0.3, 0.4) is 0 Å². The number of nitrogens with zero attached hydrogens (tertiary/aromatic N) is 5. The molecule has 0 atom stereocenters. The van der Waals surface area contributed by atoms with Gasteiger partial charge in [-0.15, -0.1) is 0 Å². The molecule has 0 aliphatic carbocycles. The summed E-state index contributed by atoms with van der Waals surface area (Å²) in [7, 11) is 1.57. The fraction of sp³-hybridized carbons (Fsp3) is 0.156. The molecule has 2 N–H and O–H groups in total. The zero-order chi connectivity index (χ0) is 30.1. The smallest absolute Gasteiger partial charge is 0.261 e. The molecule has 1 aliphatic rings. The van der Waals surface area contributed by atoms with Gasteiger partial charge in [0.15, 0.2) is 5.65 Å². The number of hydrogen-bond acceptors (Lipinski definition) is 6. The standard InChI is InChI=1S/C32H26BrN7O3/c1-35-29(41)21-7-10-24(11-8-21)39-30-27(36-17-20-5-3-2-4-6-20)18-37-40(30)28-19-38(14-13-25(28)32(39)43)31(42)22-9-12-26(33)23(15-22)16-34/h2-12,15,18,36H,13-14,17,19H2,1H3,(H,35,41). The predicted molar refractivity (Wildman–Crippen MR) is 165 cm³/mol. The summed E-state index contributed by atoms with van der Waals surface area (Å²) in [5.41, 5.74) is 5.06. The fourth-order valence-electron chi connectivity index (χ4n) is 5.32. The summed E-state index contributed by atoms with van der Waals surface area (Å²) in [5.74, 6) is -0.451. The summed E-state index contributed by atoms with van der Waals surface area (Å²) < 4.78 is 3.95. The van der Waals surface area contributed by atoms with Crippen LogP contribution in [0.4, 0.5) is 5.69 Å². The number of nitriles is 1. The molecular weight excluding hydrogens is 610 g/mol. The maximum absolute atomic E-state index is 14.2. The Kier molecular flexibility index (Phi) is 7.52. The largest absolute Gasteiger partial charge is 0.377 e. The highest BCUT2D eigenvalue weighted by Gasteiger charge is 2.29. The molecular formula is C32H26BrN7O3. The van der Waals surface area contributed by atoms with Crippen LogP contribution >= 0.6 is 15.9 Å². The maximum Gasteiger partial charge on any atom is 0.261 e. The molecule has 5 aromatic rings. The molecule has 3 aromatic carbocycles. The zero-order valence-corrected chi connectivity index (χ0v) is 24.8. The molecule has 2 amide bonds. The van der Waals surface area contributed by atoms with E-state index in [1.165, 1.54) is 0 Å². The van der Waals surface area contributed by atoms with Crippen LogP contribution in [-0.2, 0) is 19.5 Å². The van der Waals surface area contributed by atoms with E-state index in [-0.39, 0.29) is 23.9 Å². The lowest BCUT2D eigenvalue weighted by Gasteiger charge is -2.29. The van der Waals surface area contributed by atoms with E-state index in [1.54, 1.807) is 69.7 Å². The third-order valence-corrected chi connectivity index (χ3v) is 8.25. The molecule has 1 aliphatic heterocycles. The number of aromatic nitrogens is 3. The second-order valence-corrected chi connectivity index (χ2v) is 11.0. The van der Waals surface area contributed by atoms with Crippen LogP contribution in [0.5, 0.6) is 0 Å². The Morgan fingerprint density at radius 2 is 1.79 bits per heavy atom. The Morgan fingerprint density at radius 3 is 2.51 bits per heavy atom. The molecule has 10 nitrogen and oxygen atoms in total. The van der Waals surface area contributed by atoms with E-state index < -0.39 is 0 Å². The molecule has 214 valence electrons. The van der Waals surface area contributed by atoms with Crippen molar-refractivity contribution in [3.63, 3.8) is 0 Å². The molecule has 11 heteroatoms. The van der Waals surface area contributed by atoms with Crippen LogP contribution < -0.4 is 16.2 Å². The zero-order valence-electron chi connectivity index (χ0n) is 23.2. The average Bonchev–Trinajstić information content (AvgIpc) is 3.47. The number of halogens is 1. The summed E-state index contributed by atoms with van der Waals surface area (Å²) in [5, 5.41) is 20.1. The number of carbonyl (C=O) groups excluding carboxylic acids is 2. The number of fused-ring (bicyclic) bond motifs is 3. The van der Waals surface area contributed by atoms with Gasteiger partial charge in [0.1, 0.15) is 6.07 Å². The second kappa shape index (κ2) is 11.6. The van der Waals surface area contributed by atoms with Crippen molar-refractivity contribution in [2.24, 2.45) is 0 Å². The number of anilines is 1. The van der Waals surface area contributed by atoms with E-state index in [0.717, 1.165) is 5.56 Å². The molecule has 0 saturated heterocycles. The first-order valence-electron chi connectivity index (χ1n) is 13.6. The number of hydrogen-bond donors (Lipinski definition) is 2. The van der Waals surface area contributed by atoms with Crippen molar-refractivity contribution in [1.82, 2.24) is 24.4 Å². The molecule has 0 fully saturated rings. The number of benzene rings is 3. The molecule has 0 unspecified atom stereocenters. The van der Waals surface area contributed by atoms with E-state index in [2.05, 4.69) is 37.7 Å². The predicted octanol–water partition coefficient (Wildman–Crippen LogP) is 4.29. The number of nitrogens with one attached hydrogen (secondary N) is 2. The molecule has 2 aromatic heterocycles. The summed E-state index contributed by atoms with van der Waals surface area (Å²) in [6.07, 6.45) is 2.02. The SMILES string of the molecule is CNC(=O)c1ccc(-n2c(=O)c3c(n4ncc(NCc5ccccc5)c24)CN(C(=O)c2ccc(Br)c(C#N)c2)CC3)cc1. The molecule has 0 spiro atoms. The van der Waals surface area contributed by atoms with Crippen LogP contribution in [0.1, 0.15) is 43.1 Å². The summed E-state index contributed by atoms with van der Waals surface area (Å²) >= 11 is 3.34. The van der Waals surface area contributed by atoms with Crippen LogP contribution in [-0.4, -0.2) is 44.5 Å². The third-order valence-electron chi connectivity index (χ3n) is 7.55. The molecule has 43 heavy (non-hydrogen) atoms. The Labute approximate surface area is 255 Å². The summed E-state index contributed by atoms with van der Waals surface area (Å²) in [4.78, 5) is 41.5. The van der Waals surface area contributed by atoms with Gasteiger partial charge in [0.05, 0.1) is 35.4 Å². The van der Waals surface area contributed by atoms with Gasteiger partial charge in [0.25, 0.3) is 17.4 Å². The average molecular weight is 637 g/mol. The molecule has 0 saturated carbocycles. The second-order valence-electron chi connectivity index (χ2n) is 10.1. The van der Waals surface area contributed by atoms with Crippen molar-refractivity contribution in [2.45, 2.75) is 19.5 Å². The van der Waals surface area contributed by atoms with E-state index in [0.29, 0.717) is 69.0 Å². The lowest BCUT2D eigenvalue weighted by molar-refractivity contribution is 0.0729. The Hall–Kier alpha value is -5.21. The lowest BCUT2D eigenvalue weighted by atomic mass is 10.0. The Morgan fingerprint density at radius 1 is 1.05 bits per heavy atom. The minimum Gasteiger partial charge on any atom is -0.377 e. The van der Waals surface area contributed by atoms with E-state index in [1.807, 2.05) is 30.3 Å². The first kappa shape index (κ1) is 27.9. The van der Waals surface area contributed by atoms with Gasteiger partial charge in [0.2, 0.25) is 0 Å². The summed E-state index contributed by atoms with van der Waals surface area (Å²) in [6.45, 7) is 1.02. The van der Waals surface area contributed by atoms with E-state index in [9.17, 15) is 19.6 Å². The Bertz CT molecular complexity index is 1980. The van der Waals surface area contributed by atoms with Crippen LogP contribution in [0.25, 0.3) is 11.3 Å². The van der Waals surface area contributed by atoms with E-state index in [4.69, 9.17) is 0 Å². The van der Waals surface area contributed by atoms with Crippen molar-refractivity contribution in [2.75, 3.05) is 18.9 Å². The van der Waals surface area contributed by atoms with Crippen molar-refractivity contribution < 1.29 is 9.59 Å². The fourth-order valence-corrected chi connectivity index (χ4v) is 5.66. The van der Waals surface area contributed by atoms with Gasteiger partial charge in [-0.05, 0) is 70.4 Å². The lowest BCUT2D eigenvalue weighted by Crippen LogP contribution is -2.41.